The third-order valence-electron chi connectivity index (χ3n) is 4.67. The molecule has 10 nitrogen and oxygen atoms in total. The molecular formula is C17H20N8O2. The standard InChI is InChI=1S/C17H20N8O2/c1-11(2)17(10-18)4-6-25(15(17)27)14-3-5-20-16(23-14)22-12-7-21-24(8-12)9-13(19)26/h3,5,7-8,11H,4,6,9H2,1-2H3,(H2,19,26)(H,20,22,23). The topological polar surface area (TPSA) is 143 Å². The Morgan fingerprint density at radius 2 is 2.30 bits per heavy atom. The van der Waals surface area contributed by atoms with Crippen LogP contribution in [0.1, 0.15) is 20.3 Å². The first-order chi connectivity index (χ1) is 12.9. The number of nitriles is 1. The summed E-state index contributed by atoms with van der Waals surface area (Å²) in [4.78, 5) is 33.8. The van der Waals surface area contributed by atoms with Gasteiger partial charge in [0.05, 0.1) is 18.0 Å². The number of hydrogen-bond donors (Lipinski definition) is 2. The monoisotopic (exact) mass is 368 g/mol. The largest absolute Gasteiger partial charge is 0.368 e. The fourth-order valence-electron chi connectivity index (χ4n) is 3.09. The fourth-order valence-corrected chi connectivity index (χ4v) is 3.09. The van der Waals surface area contributed by atoms with Gasteiger partial charge in [-0.2, -0.15) is 15.3 Å². The van der Waals surface area contributed by atoms with Crippen molar-refractivity contribution in [3.05, 3.63) is 24.7 Å². The van der Waals surface area contributed by atoms with Crippen LogP contribution in [-0.4, -0.2) is 38.1 Å². The summed E-state index contributed by atoms with van der Waals surface area (Å²) in [7, 11) is 0. The van der Waals surface area contributed by atoms with Gasteiger partial charge in [-0.05, 0) is 18.4 Å². The third kappa shape index (κ3) is 3.44. The average molecular weight is 368 g/mol. The molecular weight excluding hydrogens is 348 g/mol. The Hall–Kier alpha value is -3.48. The van der Waals surface area contributed by atoms with Gasteiger partial charge in [-0.15, -0.1) is 0 Å². The number of nitrogens with two attached hydrogens (primary N) is 1. The van der Waals surface area contributed by atoms with Crippen LogP contribution in [0.3, 0.4) is 0 Å². The number of aromatic nitrogens is 4. The second-order valence-electron chi connectivity index (χ2n) is 6.70. The second kappa shape index (κ2) is 7.03. The molecule has 3 heterocycles. The summed E-state index contributed by atoms with van der Waals surface area (Å²) in [6.07, 6.45) is 5.11. The molecule has 0 saturated carbocycles. The van der Waals surface area contributed by atoms with Gasteiger partial charge >= 0.3 is 0 Å². The van der Waals surface area contributed by atoms with Gasteiger partial charge in [0.2, 0.25) is 17.8 Å². The molecule has 2 amide bonds. The Bertz CT molecular complexity index is 916. The molecule has 0 aliphatic carbocycles. The molecule has 2 aromatic heterocycles. The number of rotatable bonds is 6. The number of nitrogens with zero attached hydrogens (tertiary/aromatic N) is 6. The maximum atomic E-state index is 12.8. The van der Waals surface area contributed by atoms with E-state index in [0.29, 0.717) is 24.5 Å². The van der Waals surface area contributed by atoms with Crippen LogP contribution in [-0.2, 0) is 16.1 Å². The predicted molar refractivity (Wildman–Crippen MR) is 96.6 cm³/mol. The summed E-state index contributed by atoms with van der Waals surface area (Å²) in [6.45, 7) is 4.15. The van der Waals surface area contributed by atoms with Crippen molar-refractivity contribution >= 4 is 29.3 Å². The van der Waals surface area contributed by atoms with Crippen LogP contribution in [0.4, 0.5) is 17.5 Å². The first kappa shape index (κ1) is 18.3. The molecule has 1 atom stereocenters. The van der Waals surface area contributed by atoms with E-state index in [1.165, 1.54) is 22.0 Å². The summed E-state index contributed by atoms with van der Waals surface area (Å²) in [6, 6.07) is 3.83. The maximum Gasteiger partial charge on any atom is 0.248 e. The van der Waals surface area contributed by atoms with Crippen LogP contribution < -0.4 is 16.0 Å². The number of amides is 2. The van der Waals surface area contributed by atoms with E-state index in [2.05, 4.69) is 26.5 Å². The molecule has 1 aliphatic rings. The van der Waals surface area contributed by atoms with Gasteiger partial charge in [0.15, 0.2) is 0 Å². The van der Waals surface area contributed by atoms with Crippen LogP contribution in [0.25, 0.3) is 0 Å². The van der Waals surface area contributed by atoms with Gasteiger partial charge in [0.25, 0.3) is 0 Å². The summed E-state index contributed by atoms with van der Waals surface area (Å²) >= 11 is 0. The number of carbonyl (C=O) groups is 2. The first-order valence-electron chi connectivity index (χ1n) is 8.50. The van der Waals surface area contributed by atoms with Crippen molar-refractivity contribution in [2.24, 2.45) is 17.1 Å². The number of nitrogens with one attached hydrogen (secondary N) is 1. The van der Waals surface area contributed by atoms with Crippen molar-refractivity contribution in [1.29, 1.82) is 5.26 Å². The third-order valence-corrected chi connectivity index (χ3v) is 4.67. The molecule has 1 saturated heterocycles. The van der Waals surface area contributed by atoms with Gasteiger partial charge in [-0.3, -0.25) is 19.2 Å². The average Bonchev–Trinajstić information content (AvgIpc) is 3.19. The van der Waals surface area contributed by atoms with Gasteiger partial charge in [0, 0.05) is 18.9 Å². The first-order valence-corrected chi connectivity index (χ1v) is 8.50. The second-order valence-corrected chi connectivity index (χ2v) is 6.70. The molecule has 0 radical (unpaired) electrons. The molecule has 2 aromatic rings. The van der Waals surface area contributed by atoms with Crippen LogP contribution >= 0.6 is 0 Å². The highest BCUT2D eigenvalue weighted by atomic mass is 16.2. The van der Waals surface area contributed by atoms with Crippen LogP contribution in [0, 0.1) is 22.7 Å². The molecule has 1 fully saturated rings. The zero-order chi connectivity index (χ0) is 19.6. The molecule has 0 bridgehead atoms. The number of anilines is 3. The smallest absolute Gasteiger partial charge is 0.248 e. The van der Waals surface area contributed by atoms with E-state index in [1.807, 2.05) is 13.8 Å². The van der Waals surface area contributed by atoms with E-state index in [4.69, 9.17) is 5.73 Å². The molecule has 27 heavy (non-hydrogen) atoms. The summed E-state index contributed by atoms with van der Waals surface area (Å²) < 4.78 is 1.39. The summed E-state index contributed by atoms with van der Waals surface area (Å²) in [5, 5.41) is 16.5. The highest BCUT2D eigenvalue weighted by molar-refractivity contribution is 6.01. The van der Waals surface area contributed by atoms with Crippen LogP contribution in [0.15, 0.2) is 24.7 Å². The Morgan fingerprint density at radius 3 is 2.93 bits per heavy atom. The van der Waals surface area contributed by atoms with E-state index in [9.17, 15) is 14.9 Å². The van der Waals surface area contributed by atoms with Crippen molar-refractivity contribution in [3.63, 3.8) is 0 Å². The van der Waals surface area contributed by atoms with Crippen molar-refractivity contribution in [2.75, 3.05) is 16.8 Å². The van der Waals surface area contributed by atoms with Gasteiger partial charge in [-0.25, -0.2) is 4.98 Å². The van der Waals surface area contributed by atoms with Gasteiger partial charge in [0.1, 0.15) is 17.8 Å². The zero-order valence-corrected chi connectivity index (χ0v) is 15.1. The molecule has 3 rings (SSSR count). The van der Waals surface area contributed by atoms with E-state index < -0.39 is 11.3 Å². The lowest BCUT2D eigenvalue weighted by Gasteiger charge is -2.24. The quantitative estimate of drug-likeness (QED) is 0.767. The van der Waals surface area contributed by atoms with E-state index in [1.54, 1.807) is 12.3 Å². The Morgan fingerprint density at radius 1 is 1.52 bits per heavy atom. The van der Waals surface area contributed by atoms with Crippen molar-refractivity contribution in [1.82, 2.24) is 19.7 Å². The molecule has 1 aliphatic heterocycles. The summed E-state index contributed by atoms with van der Waals surface area (Å²) in [5.41, 5.74) is 4.70. The normalized spacial score (nSPS) is 19.3. The highest BCUT2D eigenvalue weighted by Gasteiger charge is 2.50. The van der Waals surface area contributed by atoms with Crippen molar-refractivity contribution < 1.29 is 9.59 Å². The predicted octanol–water partition coefficient (Wildman–Crippen LogP) is 0.805. The molecule has 0 spiro atoms. The Labute approximate surface area is 156 Å². The number of hydrogen-bond acceptors (Lipinski definition) is 7. The van der Waals surface area contributed by atoms with E-state index >= 15 is 0 Å². The van der Waals surface area contributed by atoms with E-state index in [0.717, 1.165) is 0 Å². The number of carbonyl (C=O) groups excluding carboxylic acids is 2. The van der Waals surface area contributed by atoms with Crippen molar-refractivity contribution in [3.8, 4) is 6.07 Å². The molecule has 0 aromatic carbocycles. The lowest BCUT2D eigenvalue weighted by Crippen LogP contribution is -2.37. The van der Waals surface area contributed by atoms with Crippen molar-refractivity contribution in [2.45, 2.75) is 26.8 Å². The minimum atomic E-state index is -1.02. The highest BCUT2D eigenvalue weighted by Crippen LogP contribution is 2.40. The SMILES string of the molecule is CC(C)C1(C#N)CCN(c2ccnc(Nc3cnn(CC(N)=O)c3)n2)C1=O. The fraction of sp³-hybridized carbons (Fsp3) is 0.412. The van der Waals surface area contributed by atoms with Crippen LogP contribution in [0.5, 0.6) is 0 Å². The minimum Gasteiger partial charge on any atom is -0.368 e. The van der Waals surface area contributed by atoms with Gasteiger partial charge in [-0.1, -0.05) is 13.8 Å². The maximum absolute atomic E-state index is 12.8. The zero-order valence-electron chi connectivity index (χ0n) is 15.1. The minimum absolute atomic E-state index is 0.0314. The van der Waals surface area contributed by atoms with E-state index in [-0.39, 0.29) is 24.3 Å². The van der Waals surface area contributed by atoms with Crippen LogP contribution in [0.2, 0.25) is 0 Å². The molecule has 3 N–H and O–H groups in total. The number of primary amides is 1. The lowest BCUT2D eigenvalue weighted by atomic mass is 9.77. The lowest BCUT2D eigenvalue weighted by molar-refractivity contribution is -0.124. The molecule has 10 heteroatoms. The Kier molecular flexibility index (Phi) is 4.77. The van der Waals surface area contributed by atoms with Gasteiger partial charge < -0.3 is 11.1 Å². The Balaban J connectivity index is 1.78. The summed E-state index contributed by atoms with van der Waals surface area (Å²) in [5.74, 6) is -0.117. The molecule has 1 unspecified atom stereocenters. The molecule has 140 valence electrons.